The largest absolute Gasteiger partial charge is 0.481 e. The van der Waals surface area contributed by atoms with E-state index in [-0.39, 0.29) is 11.3 Å². The first-order valence-electron chi connectivity index (χ1n) is 15.4. The molecule has 0 saturated heterocycles. The number of thiophene rings is 1. The van der Waals surface area contributed by atoms with Crippen molar-refractivity contribution in [1.29, 1.82) is 0 Å². The lowest BCUT2D eigenvalue weighted by Crippen LogP contribution is -2.46. The van der Waals surface area contributed by atoms with Crippen molar-refractivity contribution in [1.82, 2.24) is 0 Å². The average Bonchev–Trinajstić information content (AvgIpc) is 3.63. The first kappa shape index (κ1) is 33.1. The van der Waals surface area contributed by atoms with E-state index in [1.807, 2.05) is 13.8 Å². The molecule has 1 aromatic heterocycles. The van der Waals surface area contributed by atoms with Gasteiger partial charge in [-0.1, -0.05) is 26.3 Å². The number of rotatable bonds is 8. The molecule has 7 rings (SSSR count). The average molecular weight is 593 g/mol. The molecule has 4 N–H and O–H groups in total. The first-order chi connectivity index (χ1) is 19.4. The number of fused-ring (bicyclic) bond motifs is 2. The van der Waals surface area contributed by atoms with E-state index in [1.54, 1.807) is 17.5 Å². The highest BCUT2D eigenvalue weighted by molar-refractivity contribution is 7.11. The normalized spacial score (nSPS) is 31.7. The van der Waals surface area contributed by atoms with E-state index in [0.717, 1.165) is 42.4 Å². The molecule has 3 atom stereocenters. The third-order valence-corrected chi connectivity index (χ3v) is 10.9. The van der Waals surface area contributed by atoms with Crippen LogP contribution in [0.15, 0.2) is 17.5 Å². The molecule has 230 valence electrons. The van der Waals surface area contributed by atoms with Crippen LogP contribution >= 0.6 is 11.3 Å². The molecular formula is C32H48O8S. The number of carbonyl (C=O) groups is 4. The van der Waals surface area contributed by atoms with Crippen LogP contribution in [0.25, 0.3) is 0 Å². The maximum absolute atomic E-state index is 10.9. The molecule has 6 saturated carbocycles. The predicted molar refractivity (Wildman–Crippen MR) is 157 cm³/mol. The molecular weight excluding hydrogens is 544 g/mol. The number of aromatic carboxylic acids is 1. The van der Waals surface area contributed by atoms with Gasteiger partial charge in [-0.05, 0) is 123 Å². The Kier molecular flexibility index (Phi) is 12.2. The van der Waals surface area contributed by atoms with Gasteiger partial charge in [-0.25, -0.2) is 4.79 Å². The van der Waals surface area contributed by atoms with Crippen LogP contribution in [0.4, 0.5) is 0 Å². The van der Waals surface area contributed by atoms with Crippen LogP contribution in [0.2, 0.25) is 0 Å². The molecule has 3 unspecified atom stereocenters. The van der Waals surface area contributed by atoms with E-state index < -0.39 is 23.9 Å². The van der Waals surface area contributed by atoms with Gasteiger partial charge in [0.25, 0.3) is 0 Å². The quantitative estimate of drug-likeness (QED) is 0.242. The maximum atomic E-state index is 10.9. The van der Waals surface area contributed by atoms with E-state index in [2.05, 4.69) is 0 Å². The minimum atomic E-state index is -0.847. The van der Waals surface area contributed by atoms with Crippen molar-refractivity contribution >= 4 is 35.2 Å². The third kappa shape index (κ3) is 9.83. The van der Waals surface area contributed by atoms with Crippen LogP contribution in [0.1, 0.15) is 113 Å². The Morgan fingerprint density at radius 3 is 1.71 bits per heavy atom. The summed E-state index contributed by atoms with van der Waals surface area (Å²) < 4.78 is 0. The van der Waals surface area contributed by atoms with Gasteiger partial charge in [0, 0.05) is 6.42 Å². The SMILES string of the molecule is CCC(CC)C(=O)O.O=C(O)CC12CC3CC(CC(C3)C1)C2.O=C(O)CC1CC2CCC1C2.O=C(O)c1cccs1. The van der Waals surface area contributed by atoms with Crippen molar-refractivity contribution in [3.8, 4) is 0 Å². The lowest BCUT2D eigenvalue weighted by Gasteiger charge is -2.56. The fourth-order valence-electron chi connectivity index (χ4n) is 8.72. The lowest BCUT2D eigenvalue weighted by molar-refractivity contribution is -0.145. The van der Waals surface area contributed by atoms with Gasteiger partial charge in [-0.2, -0.15) is 0 Å². The second-order valence-corrected chi connectivity index (χ2v) is 14.1. The molecule has 6 aliphatic carbocycles. The zero-order chi connectivity index (χ0) is 30.2. The Balaban J connectivity index is 0.000000156. The van der Waals surface area contributed by atoms with Gasteiger partial charge in [0.15, 0.2) is 0 Å². The van der Waals surface area contributed by atoms with Gasteiger partial charge in [0.1, 0.15) is 4.88 Å². The Labute approximate surface area is 247 Å². The van der Waals surface area contributed by atoms with Crippen LogP contribution in [0.3, 0.4) is 0 Å². The minimum Gasteiger partial charge on any atom is -0.481 e. The molecule has 1 aromatic rings. The van der Waals surface area contributed by atoms with Gasteiger partial charge in [-0.15, -0.1) is 11.3 Å². The van der Waals surface area contributed by atoms with Crippen LogP contribution < -0.4 is 0 Å². The van der Waals surface area contributed by atoms with E-state index in [4.69, 9.17) is 20.4 Å². The van der Waals surface area contributed by atoms with E-state index in [1.165, 1.54) is 75.5 Å². The highest BCUT2D eigenvalue weighted by atomic mass is 32.1. The van der Waals surface area contributed by atoms with Crippen molar-refractivity contribution in [2.75, 3.05) is 0 Å². The fourth-order valence-corrected chi connectivity index (χ4v) is 9.28. The molecule has 41 heavy (non-hydrogen) atoms. The van der Waals surface area contributed by atoms with Crippen LogP contribution in [-0.4, -0.2) is 44.3 Å². The molecule has 8 nitrogen and oxygen atoms in total. The molecule has 0 aliphatic heterocycles. The Hall–Kier alpha value is -2.42. The lowest BCUT2D eigenvalue weighted by atomic mass is 9.49. The van der Waals surface area contributed by atoms with Crippen molar-refractivity contribution in [3.05, 3.63) is 22.4 Å². The number of carboxylic acid groups (broad SMARTS) is 4. The van der Waals surface area contributed by atoms with Crippen molar-refractivity contribution in [3.63, 3.8) is 0 Å². The summed E-state index contributed by atoms with van der Waals surface area (Å²) in [5, 5.41) is 36.0. The van der Waals surface area contributed by atoms with Gasteiger partial charge >= 0.3 is 23.9 Å². The summed E-state index contributed by atoms with van der Waals surface area (Å²) in [7, 11) is 0. The highest BCUT2D eigenvalue weighted by Crippen LogP contribution is 2.61. The Morgan fingerprint density at radius 1 is 0.829 bits per heavy atom. The van der Waals surface area contributed by atoms with Crippen LogP contribution in [0.5, 0.6) is 0 Å². The molecule has 6 bridgehead atoms. The van der Waals surface area contributed by atoms with Crippen LogP contribution in [0, 0.1) is 46.8 Å². The van der Waals surface area contributed by atoms with E-state index in [9.17, 15) is 19.2 Å². The number of carboxylic acids is 4. The summed E-state index contributed by atoms with van der Waals surface area (Å²) in [5.41, 5.74) is 0.223. The summed E-state index contributed by atoms with van der Waals surface area (Å²) >= 11 is 1.23. The molecule has 0 spiro atoms. The summed E-state index contributed by atoms with van der Waals surface area (Å²) in [4.78, 5) is 41.9. The van der Waals surface area contributed by atoms with Crippen molar-refractivity contribution in [2.24, 2.45) is 46.8 Å². The van der Waals surface area contributed by atoms with E-state index >= 15 is 0 Å². The van der Waals surface area contributed by atoms with Gasteiger partial charge in [-0.3, -0.25) is 14.4 Å². The zero-order valence-corrected chi connectivity index (χ0v) is 25.3. The molecule has 0 radical (unpaired) electrons. The first-order valence-corrected chi connectivity index (χ1v) is 16.2. The standard InChI is InChI=1S/C12H18O2.C9H14O2.C6H12O2.C5H4O2S/c13-11(14)7-12-4-8-1-9(5-12)3-10(2-8)6-12;10-9(11)5-8-4-6-1-2-7(8)3-6;1-3-5(4-2)6(7)8;6-5(7)4-2-1-3-8-4/h8-10H,1-7H2,(H,13,14);6-8H,1-5H2,(H,10,11);5H,3-4H2,1-2H3,(H,7,8);1-3H,(H,6,7). The Morgan fingerprint density at radius 2 is 1.41 bits per heavy atom. The summed E-state index contributed by atoms with van der Waals surface area (Å²) in [6.45, 7) is 3.78. The molecule has 0 amide bonds. The minimum absolute atomic E-state index is 0.130. The van der Waals surface area contributed by atoms with Gasteiger partial charge in [0.2, 0.25) is 0 Å². The monoisotopic (exact) mass is 592 g/mol. The predicted octanol–water partition coefficient (Wildman–Crippen LogP) is 7.53. The molecule has 6 aliphatic rings. The number of hydrogen-bond donors (Lipinski definition) is 4. The third-order valence-electron chi connectivity index (χ3n) is 10.1. The molecule has 1 heterocycles. The second-order valence-electron chi connectivity index (χ2n) is 13.2. The van der Waals surface area contributed by atoms with Crippen molar-refractivity contribution in [2.45, 2.75) is 104 Å². The molecule has 9 heteroatoms. The summed E-state index contributed by atoms with van der Waals surface area (Å²) in [6, 6.07) is 3.29. The number of aliphatic carboxylic acids is 3. The molecule has 6 fully saturated rings. The number of hydrogen-bond acceptors (Lipinski definition) is 5. The smallest absolute Gasteiger partial charge is 0.345 e. The topological polar surface area (TPSA) is 149 Å². The zero-order valence-electron chi connectivity index (χ0n) is 24.5. The summed E-state index contributed by atoms with van der Waals surface area (Å²) in [6.07, 6.45) is 15.4. The van der Waals surface area contributed by atoms with Crippen LogP contribution in [-0.2, 0) is 14.4 Å². The van der Waals surface area contributed by atoms with Gasteiger partial charge < -0.3 is 20.4 Å². The Bertz CT molecular complexity index is 980. The van der Waals surface area contributed by atoms with E-state index in [0.29, 0.717) is 23.6 Å². The highest BCUT2D eigenvalue weighted by Gasteiger charge is 2.51. The van der Waals surface area contributed by atoms with Gasteiger partial charge in [0.05, 0.1) is 12.3 Å². The molecule has 0 aromatic carbocycles. The van der Waals surface area contributed by atoms with Crippen molar-refractivity contribution < 1.29 is 39.6 Å². The summed E-state index contributed by atoms with van der Waals surface area (Å²) in [5.74, 6) is 1.95. The second kappa shape index (κ2) is 15.2. The maximum Gasteiger partial charge on any atom is 0.345 e. The fraction of sp³-hybridized carbons (Fsp3) is 0.750.